The van der Waals surface area contributed by atoms with Crippen LogP contribution in [0.3, 0.4) is 0 Å². The van der Waals surface area contributed by atoms with Crippen LogP contribution in [-0.2, 0) is 6.42 Å². The smallest absolute Gasteiger partial charge is 0.0441 e. The summed E-state index contributed by atoms with van der Waals surface area (Å²) in [6, 6.07) is 6.46. The average molecular weight is 241 g/mol. The van der Waals surface area contributed by atoms with Gasteiger partial charge in [0.25, 0.3) is 0 Å². The molecule has 2 unspecified atom stereocenters. The normalized spacial score (nSPS) is 14.8. The zero-order valence-electron chi connectivity index (χ0n) is 10.3. The van der Waals surface area contributed by atoms with Gasteiger partial charge in [-0.1, -0.05) is 44.0 Å². The maximum Gasteiger partial charge on any atom is 0.0441 e. The van der Waals surface area contributed by atoms with Gasteiger partial charge < -0.3 is 0 Å². The Hall–Kier alpha value is -0.570. The minimum Gasteiger partial charge on any atom is -0.271 e. The Morgan fingerprint density at radius 1 is 1.44 bits per heavy atom. The molecule has 0 radical (unpaired) electrons. The highest BCUT2D eigenvalue weighted by Gasteiger charge is 2.15. The minimum atomic E-state index is 0.283. The SMILES string of the molecule is CCC(C)C(Cc1ccc(C)cc1Cl)NN. The van der Waals surface area contributed by atoms with Gasteiger partial charge in [0.15, 0.2) is 0 Å². The lowest BCUT2D eigenvalue weighted by atomic mass is 9.93. The summed E-state index contributed by atoms with van der Waals surface area (Å²) < 4.78 is 0. The fraction of sp³-hybridized carbons (Fsp3) is 0.538. The van der Waals surface area contributed by atoms with Crippen LogP contribution in [0.2, 0.25) is 5.02 Å². The van der Waals surface area contributed by atoms with E-state index >= 15 is 0 Å². The van der Waals surface area contributed by atoms with Gasteiger partial charge in [-0.15, -0.1) is 0 Å². The van der Waals surface area contributed by atoms with Gasteiger partial charge in [-0.2, -0.15) is 0 Å². The maximum atomic E-state index is 6.21. The number of nitrogens with one attached hydrogen (secondary N) is 1. The molecule has 0 amide bonds. The van der Waals surface area contributed by atoms with Gasteiger partial charge in [-0.3, -0.25) is 11.3 Å². The zero-order chi connectivity index (χ0) is 12.1. The molecular formula is C13H21ClN2. The topological polar surface area (TPSA) is 38.0 Å². The van der Waals surface area contributed by atoms with E-state index in [1.807, 2.05) is 13.0 Å². The van der Waals surface area contributed by atoms with Crippen molar-refractivity contribution in [1.82, 2.24) is 5.43 Å². The van der Waals surface area contributed by atoms with E-state index in [1.165, 1.54) is 5.56 Å². The lowest BCUT2D eigenvalue weighted by molar-refractivity contribution is 0.370. The van der Waals surface area contributed by atoms with Crippen molar-refractivity contribution < 1.29 is 0 Å². The van der Waals surface area contributed by atoms with Crippen molar-refractivity contribution in [3.63, 3.8) is 0 Å². The molecule has 0 aliphatic heterocycles. The van der Waals surface area contributed by atoms with Crippen molar-refractivity contribution in [2.75, 3.05) is 0 Å². The molecule has 0 saturated heterocycles. The molecule has 0 aromatic heterocycles. The standard InChI is InChI=1S/C13H21ClN2/c1-4-10(3)13(16-15)8-11-6-5-9(2)7-12(11)14/h5-7,10,13,16H,4,8,15H2,1-3H3. The first-order valence-corrected chi connectivity index (χ1v) is 6.17. The van der Waals surface area contributed by atoms with Crippen molar-refractivity contribution >= 4 is 11.6 Å². The zero-order valence-corrected chi connectivity index (χ0v) is 11.0. The first kappa shape index (κ1) is 13.5. The Morgan fingerprint density at radius 3 is 2.62 bits per heavy atom. The lowest BCUT2D eigenvalue weighted by Gasteiger charge is -2.22. The van der Waals surface area contributed by atoms with Gasteiger partial charge in [0, 0.05) is 11.1 Å². The molecule has 2 nitrogen and oxygen atoms in total. The van der Waals surface area contributed by atoms with Crippen LogP contribution in [0.5, 0.6) is 0 Å². The Kier molecular flexibility index (Phi) is 5.26. The Bertz CT molecular complexity index is 339. The molecule has 90 valence electrons. The average Bonchev–Trinajstić information content (AvgIpc) is 2.27. The van der Waals surface area contributed by atoms with Crippen LogP contribution in [0.4, 0.5) is 0 Å². The summed E-state index contributed by atoms with van der Waals surface area (Å²) in [6.07, 6.45) is 1.99. The van der Waals surface area contributed by atoms with Gasteiger partial charge in [-0.25, -0.2) is 0 Å². The minimum absolute atomic E-state index is 0.283. The number of hydrogen-bond donors (Lipinski definition) is 2. The molecular weight excluding hydrogens is 220 g/mol. The number of hydrogen-bond acceptors (Lipinski definition) is 2. The summed E-state index contributed by atoms with van der Waals surface area (Å²) in [5, 5.41) is 0.837. The second-order valence-corrected chi connectivity index (χ2v) is 4.86. The van der Waals surface area contributed by atoms with Crippen LogP contribution >= 0.6 is 11.6 Å². The van der Waals surface area contributed by atoms with Crippen LogP contribution in [0.25, 0.3) is 0 Å². The highest BCUT2D eigenvalue weighted by Crippen LogP contribution is 2.21. The number of rotatable bonds is 5. The van der Waals surface area contributed by atoms with Gasteiger partial charge in [0.05, 0.1) is 0 Å². The van der Waals surface area contributed by atoms with E-state index in [0.29, 0.717) is 5.92 Å². The lowest BCUT2D eigenvalue weighted by Crippen LogP contribution is -2.41. The van der Waals surface area contributed by atoms with Crippen LogP contribution in [0.1, 0.15) is 31.4 Å². The third-order valence-electron chi connectivity index (χ3n) is 3.19. The predicted molar refractivity (Wildman–Crippen MR) is 70.5 cm³/mol. The first-order valence-electron chi connectivity index (χ1n) is 5.79. The maximum absolute atomic E-state index is 6.21. The molecule has 0 saturated carbocycles. The summed E-state index contributed by atoms with van der Waals surface area (Å²) in [5.74, 6) is 6.13. The largest absolute Gasteiger partial charge is 0.271 e. The van der Waals surface area contributed by atoms with Gasteiger partial charge in [0.1, 0.15) is 0 Å². The summed E-state index contributed by atoms with van der Waals surface area (Å²) in [5.41, 5.74) is 5.24. The summed E-state index contributed by atoms with van der Waals surface area (Å²) in [7, 11) is 0. The third kappa shape index (κ3) is 3.48. The van der Waals surface area contributed by atoms with Crippen LogP contribution in [-0.4, -0.2) is 6.04 Å². The molecule has 0 spiro atoms. The fourth-order valence-corrected chi connectivity index (χ4v) is 2.08. The Balaban J connectivity index is 2.78. The summed E-state index contributed by atoms with van der Waals surface area (Å²) in [4.78, 5) is 0. The summed E-state index contributed by atoms with van der Waals surface area (Å²) in [6.45, 7) is 6.42. The fourth-order valence-electron chi connectivity index (χ4n) is 1.76. The van der Waals surface area contributed by atoms with Crippen molar-refractivity contribution in [3.8, 4) is 0 Å². The molecule has 0 aliphatic carbocycles. The second kappa shape index (κ2) is 6.24. The Labute approximate surface area is 103 Å². The highest BCUT2D eigenvalue weighted by atomic mass is 35.5. The van der Waals surface area contributed by atoms with Gasteiger partial charge >= 0.3 is 0 Å². The predicted octanol–water partition coefficient (Wildman–Crippen LogP) is 3.07. The highest BCUT2D eigenvalue weighted by molar-refractivity contribution is 6.31. The van der Waals surface area contributed by atoms with Crippen molar-refractivity contribution in [1.29, 1.82) is 0 Å². The van der Waals surface area contributed by atoms with Crippen LogP contribution < -0.4 is 11.3 Å². The van der Waals surface area contributed by atoms with Crippen LogP contribution in [0.15, 0.2) is 18.2 Å². The van der Waals surface area contributed by atoms with E-state index in [0.717, 1.165) is 23.4 Å². The van der Waals surface area contributed by atoms with Crippen molar-refractivity contribution in [3.05, 3.63) is 34.3 Å². The van der Waals surface area contributed by atoms with Gasteiger partial charge in [0.2, 0.25) is 0 Å². The molecule has 0 heterocycles. The molecule has 3 N–H and O–H groups in total. The monoisotopic (exact) mass is 240 g/mol. The van der Waals surface area contributed by atoms with E-state index in [-0.39, 0.29) is 6.04 Å². The molecule has 3 heteroatoms. The quantitative estimate of drug-likeness (QED) is 0.613. The number of benzene rings is 1. The molecule has 1 rings (SSSR count). The molecule has 0 fully saturated rings. The molecule has 2 atom stereocenters. The molecule has 1 aromatic carbocycles. The third-order valence-corrected chi connectivity index (χ3v) is 3.55. The van der Waals surface area contributed by atoms with Gasteiger partial charge in [-0.05, 0) is 36.5 Å². The first-order chi connectivity index (χ1) is 7.58. The second-order valence-electron chi connectivity index (χ2n) is 4.46. The number of aryl methyl sites for hydroxylation is 1. The Morgan fingerprint density at radius 2 is 2.12 bits per heavy atom. The van der Waals surface area contributed by atoms with E-state index in [4.69, 9.17) is 17.4 Å². The van der Waals surface area contributed by atoms with Crippen molar-refractivity contribution in [2.24, 2.45) is 11.8 Å². The van der Waals surface area contributed by atoms with E-state index in [9.17, 15) is 0 Å². The van der Waals surface area contributed by atoms with E-state index in [2.05, 4.69) is 31.4 Å². The molecule has 16 heavy (non-hydrogen) atoms. The summed E-state index contributed by atoms with van der Waals surface area (Å²) >= 11 is 6.21. The molecule has 0 aliphatic rings. The van der Waals surface area contributed by atoms with E-state index in [1.54, 1.807) is 0 Å². The van der Waals surface area contributed by atoms with E-state index < -0.39 is 0 Å². The van der Waals surface area contributed by atoms with Crippen molar-refractivity contribution in [2.45, 2.75) is 39.7 Å². The molecule has 1 aromatic rings. The number of halogens is 1. The number of nitrogens with two attached hydrogens (primary N) is 1. The number of hydrazine groups is 1. The molecule has 0 bridgehead atoms. The van der Waals surface area contributed by atoms with Crippen LogP contribution in [0, 0.1) is 12.8 Å².